The molecule has 5 N–H and O–H groups in total. The van der Waals surface area contributed by atoms with Crippen LogP contribution in [0.15, 0.2) is 0 Å². The van der Waals surface area contributed by atoms with Crippen LogP contribution < -0.4 is 11.1 Å². The van der Waals surface area contributed by atoms with Gasteiger partial charge in [0.05, 0.1) is 6.61 Å². The minimum absolute atomic E-state index is 0.0648. The molecule has 2 unspecified atom stereocenters. The van der Waals surface area contributed by atoms with Gasteiger partial charge in [0, 0.05) is 12.5 Å². The standard InChI is InChI=1S/C10H22N2O3/c1-8(4-3-5-11)9(14)12-6-10(2,15)7-13/h8,13,15H,3-7,11H2,1-2H3,(H,12,14). The summed E-state index contributed by atoms with van der Waals surface area (Å²) in [7, 11) is 0. The highest BCUT2D eigenvalue weighted by atomic mass is 16.3. The maximum absolute atomic E-state index is 11.5. The predicted molar refractivity (Wildman–Crippen MR) is 58.2 cm³/mol. The van der Waals surface area contributed by atoms with Crippen molar-refractivity contribution >= 4 is 5.91 Å². The van der Waals surface area contributed by atoms with Crippen LogP contribution >= 0.6 is 0 Å². The van der Waals surface area contributed by atoms with Crippen LogP contribution in [0.5, 0.6) is 0 Å². The van der Waals surface area contributed by atoms with Crippen LogP contribution in [0.25, 0.3) is 0 Å². The maximum atomic E-state index is 11.5. The Morgan fingerprint density at radius 3 is 2.67 bits per heavy atom. The maximum Gasteiger partial charge on any atom is 0.222 e. The third-order valence-electron chi connectivity index (χ3n) is 2.27. The van der Waals surface area contributed by atoms with E-state index in [4.69, 9.17) is 10.8 Å². The molecule has 0 aliphatic heterocycles. The molecule has 2 atom stereocenters. The Morgan fingerprint density at radius 2 is 2.20 bits per heavy atom. The second kappa shape index (κ2) is 6.76. The summed E-state index contributed by atoms with van der Waals surface area (Å²) in [5, 5.41) is 20.8. The number of amides is 1. The summed E-state index contributed by atoms with van der Waals surface area (Å²) < 4.78 is 0. The number of hydrogen-bond donors (Lipinski definition) is 4. The van der Waals surface area contributed by atoms with Crippen LogP contribution in [0.4, 0.5) is 0 Å². The largest absolute Gasteiger partial charge is 0.393 e. The number of nitrogens with two attached hydrogens (primary N) is 1. The van der Waals surface area contributed by atoms with Crippen LogP contribution in [-0.4, -0.2) is 41.4 Å². The van der Waals surface area contributed by atoms with Crippen molar-refractivity contribution in [1.29, 1.82) is 0 Å². The van der Waals surface area contributed by atoms with E-state index >= 15 is 0 Å². The lowest BCUT2D eigenvalue weighted by Crippen LogP contribution is -2.44. The van der Waals surface area contributed by atoms with Gasteiger partial charge in [0.1, 0.15) is 5.60 Å². The summed E-state index contributed by atoms with van der Waals surface area (Å²) in [6, 6.07) is 0. The normalized spacial score (nSPS) is 16.9. The first kappa shape index (κ1) is 14.3. The van der Waals surface area contributed by atoms with Crippen molar-refractivity contribution in [3.63, 3.8) is 0 Å². The second-order valence-electron chi connectivity index (χ2n) is 4.20. The number of rotatable bonds is 7. The van der Waals surface area contributed by atoms with Crippen molar-refractivity contribution < 1.29 is 15.0 Å². The molecule has 0 aromatic carbocycles. The number of hydrogen-bond acceptors (Lipinski definition) is 4. The van der Waals surface area contributed by atoms with Gasteiger partial charge < -0.3 is 21.3 Å². The van der Waals surface area contributed by atoms with Crippen LogP contribution in [0.1, 0.15) is 26.7 Å². The zero-order valence-electron chi connectivity index (χ0n) is 9.49. The highest BCUT2D eigenvalue weighted by Crippen LogP contribution is 2.05. The Balaban J connectivity index is 3.82. The van der Waals surface area contributed by atoms with Crippen LogP contribution in [0, 0.1) is 5.92 Å². The Hall–Kier alpha value is -0.650. The number of nitrogens with one attached hydrogen (secondary N) is 1. The van der Waals surface area contributed by atoms with E-state index < -0.39 is 5.60 Å². The third-order valence-corrected chi connectivity index (χ3v) is 2.27. The Morgan fingerprint density at radius 1 is 1.60 bits per heavy atom. The first-order chi connectivity index (χ1) is 6.93. The Kier molecular flexibility index (Phi) is 6.47. The Labute approximate surface area is 90.7 Å². The van der Waals surface area contributed by atoms with E-state index in [0.29, 0.717) is 6.54 Å². The lowest BCUT2D eigenvalue weighted by Gasteiger charge is -2.21. The second-order valence-corrected chi connectivity index (χ2v) is 4.20. The van der Waals surface area contributed by atoms with Crippen molar-refractivity contribution in [3.05, 3.63) is 0 Å². The molecule has 0 spiro atoms. The molecule has 0 aliphatic carbocycles. The SMILES string of the molecule is CC(CCCN)C(=O)NCC(C)(O)CO. The molecule has 0 heterocycles. The summed E-state index contributed by atoms with van der Waals surface area (Å²) in [5.41, 5.74) is 4.09. The minimum Gasteiger partial charge on any atom is -0.393 e. The molecule has 90 valence electrons. The third kappa shape index (κ3) is 6.43. The van der Waals surface area contributed by atoms with Gasteiger partial charge in [-0.3, -0.25) is 4.79 Å². The van der Waals surface area contributed by atoms with Crippen molar-refractivity contribution in [1.82, 2.24) is 5.32 Å². The van der Waals surface area contributed by atoms with E-state index in [-0.39, 0.29) is 25.0 Å². The highest BCUT2D eigenvalue weighted by molar-refractivity contribution is 5.78. The van der Waals surface area contributed by atoms with Gasteiger partial charge >= 0.3 is 0 Å². The zero-order chi connectivity index (χ0) is 11.9. The van der Waals surface area contributed by atoms with Gasteiger partial charge in [0.15, 0.2) is 0 Å². The molecule has 15 heavy (non-hydrogen) atoms. The summed E-state index contributed by atoms with van der Waals surface area (Å²) in [6.45, 7) is 3.56. The molecular weight excluding hydrogens is 196 g/mol. The first-order valence-electron chi connectivity index (χ1n) is 5.24. The van der Waals surface area contributed by atoms with Crippen molar-refractivity contribution in [3.8, 4) is 0 Å². The molecule has 1 amide bonds. The van der Waals surface area contributed by atoms with Crippen LogP contribution in [0.3, 0.4) is 0 Å². The fourth-order valence-corrected chi connectivity index (χ4v) is 1.06. The zero-order valence-corrected chi connectivity index (χ0v) is 9.49. The average Bonchev–Trinajstić information content (AvgIpc) is 2.22. The number of carbonyl (C=O) groups is 1. The highest BCUT2D eigenvalue weighted by Gasteiger charge is 2.21. The van der Waals surface area contributed by atoms with Gasteiger partial charge in [-0.25, -0.2) is 0 Å². The molecule has 0 fully saturated rings. The molecule has 0 saturated carbocycles. The molecule has 0 aliphatic rings. The van der Waals surface area contributed by atoms with Gasteiger partial charge in [-0.05, 0) is 26.3 Å². The summed E-state index contributed by atoms with van der Waals surface area (Å²) in [6.07, 6.45) is 1.55. The molecule has 0 saturated heterocycles. The van der Waals surface area contributed by atoms with Gasteiger partial charge in [-0.1, -0.05) is 6.92 Å². The fraction of sp³-hybridized carbons (Fsp3) is 0.900. The van der Waals surface area contributed by atoms with Crippen LogP contribution in [0.2, 0.25) is 0 Å². The molecule has 0 aromatic rings. The van der Waals surface area contributed by atoms with Gasteiger partial charge in [-0.15, -0.1) is 0 Å². The van der Waals surface area contributed by atoms with Crippen molar-refractivity contribution in [2.45, 2.75) is 32.3 Å². The molecular formula is C10H22N2O3. The molecule has 5 nitrogen and oxygen atoms in total. The van der Waals surface area contributed by atoms with E-state index in [2.05, 4.69) is 5.32 Å². The summed E-state index contributed by atoms with van der Waals surface area (Å²) in [5.74, 6) is -0.222. The minimum atomic E-state index is -1.25. The number of carbonyl (C=O) groups excluding carboxylic acids is 1. The van der Waals surface area contributed by atoms with Gasteiger partial charge in [0.25, 0.3) is 0 Å². The van der Waals surface area contributed by atoms with E-state index in [1.165, 1.54) is 6.92 Å². The van der Waals surface area contributed by atoms with E-state index in [9.17, 15) is 9.90 Å². The van der Waals surface area contributed by atoms with E-state index in [1.54, 1.807) is 0 Å². The fourth-order valence-electron chi connectivity index (χ4n) is 1.06. The monoisotopic (exact) mass is 218 g/mol. The van der Waals surface area contributed by atoms with Gasteiger partial charge in [-0.2, -0.15) is 0 Å². The molecule has 0 bridgehead atoms. The number of aliphatic hydroxyl groups is 2. The quantitative estimate of drug-likeness (QED) is 0.451. The Bertz CT molecular complexity index is 195. The molecule has 0 rings (SSSR count). The van der Waals surface area contributed by atoms with E-state index in [0.717, 1.165) is 12.8 Å². The lowest BCUT2D eigenvalue weighted by molar-refractivity contribution is -0.126. The number of aliphatic hydroxyl groups excluding tert-OH is 1. The molecule has 0 aromatic heterocycles. The van der Waals surface area contributed by atoms with Crippen molar-refractivity contribution in [2.75, 3.05) is 19.7 Å². The lowest BCUT2D eigenvalue weighted by atomic mass is 10.0. The molecule has 5 heteroatoms. The van der Waals surface area contributed by atoms with Crippen LogP contribution in [-0.2, 0) is 4.79 Å². The van der Waals surface area contributed by atoms with Crippen molar-refractivity contribution in [2.24, 2.45) is 11.7 Å². The van der Waals surface area contributed by atoms with Gasteiger partial charge in [0.2, 0.25) is 5.91 Å². The summed E-state index contributed by atoms with van der Waals surface area (Å²) in [4.78, 5) is 11.5. The average molecular weight is 218 g/mol. The first-order valence-corrected chi connectivity index (χ1v) is 5.24. The summed E-state index contributed by atoms with van der Waals surface area (Å²) >= 11 is 0. The predicted octanol–water partition coefficient (Wildman–Crippen LogP) is -0.779. The molecule has 0 radical (unpaired) electrons. The smallest absolute Gasteiger partial charge is 0.222 e. The van der Waals surface area contributed by atoms with E-state index in [1.807, 2.05) is 6.92 Å². The topological polar surface area (TPSA) is 95.6 Å².